The number of thiophene rings is 1. The minimum Gasteiger partial charge on any atom is -0.497 e. The zero-order valence-corrected chi connectivity index (χ0v) is 17.4. The van der Waals surface area contributed by atoms with E-state index in [0.717, 1.165) is 34.6 Å². The summed E-state index contributed by atoms with van der Waals surface area (Å²) >= 11 is 1.59. The molecule has 0 bridgehead atoms. The summed E-state index contributed by atoms with van der Waals surface area (Å²) in [6.45, 7) is 3.00. The molecule has 7 heteroatoms. The summed E-state index contributed by atoms with van der Waals surface area (Å²) in [6.07, 6.45) is 2.38. The molecule has 0 saturated carbocycles. The molecule has 154 valence electrons. The van der Waals surface area contributed by atoms with Crippen LogP contribution in [0.1, 0.15) is 32.1 Å². The van der Waals surface area contributed by atoms with Crippen LogP contribution in [0.25, 0.3) is 0 Å². The van der Waals surface area contributed by atoms with Crippen molar-refractivity contribution in [3.8, 4) is 5.75 Å². The Kier molecular flexibility index (Phi) is 6.16. The summed E-state index contributed by atoms with van der Waals surface area (Å²) in [6, 6.07) is 9.72. The van der Waals surface area contributed by atoms with Crippen LogP contribution in [-0.4, -0.2) is 50.1 Å². The second-order valence-corrected chi connectivity index (χ2v) is 8.61. The van der Waals surface area contributed by atoms with Crippen molar-refractivity contribution in [3.05, 3.63) is 51.2 Å². The monoisotopic (exact) mass is 414 g/mol. The molecule has 0 radical (unpaired) electrons. The van der Waals surface area contributed by atoms with Crippen LogP contribution in [0.5, 0.6) is 5.75 Å². The molecule has 1 aromatic carbocycles. The van der Waals surface area contributed by atoms with Crippen LogP contribution in [0.15, 0.2) is 30.3 Å². The van der Waals surface area contributed by atoms with Crippen molar-refractivity contribution in [2.45, 2.75) is 25.8 Å². The number of amides is 2. The molecule has 2 aliphatic rings. The third kappa shape index (κ3) is 4.62. The molecule has 1 saturated heterocycles. The maximum Gasteiger partial charge on any atom is 0.264 e. The Morgan fingerprint density at radius 1 is 1.28 bits per heavy atom. The summed E-state index contributed by atoms with van der Waals surface area (Å²) in [5, 5.41) is 3.05. The van der Waals surface area contributed by atoms with Crippen LogP contribution in [0, 0.1) is 5.92 Å². The summed E-state index contributed by atoms with van der Waals surface area (Å²) in [5.41, 5.74) is 2.17. The van der Waals surface area contributed by atoms with Gasteiger partial charge in [0.1, 0.15) is 5.75 Å². The van der Waals surface area contributed by atoms with E-state index in [1.807, 2.05) is 35.2 Å². The largest absolute Gasteiger partial charge is 0.497 e. The number of ether oxygens (including phenoxy) is 2. The number of carbonyl (C=O) groups excluding carboxylic acids is 2. The zero-order valence-electron chi connectivity index (χ0n) is 16.6. The third-order valence-electron chi connectivity index (χ3n) is 5.56. The van der Waals surface area contributed by atoms with E-state index in [1.165, 1.54) is 4.88 Å². The summed E-state index contributed by atoms with van der Waals surface area (Å²) < 4.78 is 10.6. The van der Waals surface area contributed by atoms with E-state index in [4.69, 9.17) is 9.47 Å². The highest BCUT2D eigenvalue weighted by Crippen LogP contribution is 2.33. The molecule has 1 N–H and O–H groups in total. The molecule has 1 aliphatic heterocycles. The Labute approximate surface area is 174 Å². The van der Waals surface area contributed by atoms with E-state index in [-0.39, 0.29) is 17.7 Å². The minimum atomic E-state index is -0.0472. The first-order valence-electron chi connectivity index (χ1n) is 10.0. The number of hydrogen-bond donors (Lipinski definition) is 1. The van der Waals surface area contributed by atoms with Gasteiger partial charge in [0, 0.05) is 30.4 Å². The highest BCUT2D eigenvalue weighted by atomic mass is 32.1. The standard InChI is InChI=1S/C22H26N2O4S/c1-27-18-4-2-3-15(11-18)14-23-21(25)16-5-6-19-17(12-16)13-20(29-19)22(26)24-7-9-28-10-8-24/h2-4,11,13,16H,5-10,12,14H2,1H3,(H,23,25)/t16-/m0/s1. The Bertz CT molecular complexity index is 889. The molecule has 1 atom stereocenters. The zero-order chi connectivity index (χ0) is 20.2. The SMILES string of the molecule is COc1cccc(CNC(=O)[C@H]2CCc3sc(C(=O)N4CCOCC4)cc3C2)c1. The van der Waals surface area contributed by atoms with Gasteiger partial charge in [-0.15, -0.1) is 11.3 Å². The van der Waals surface area contributed by atoms with E-state index in [2.05, 4.69) is 5.32 Å². The average molecular weight is 415 g/mol. The number of rotatable bonds is 5. The van der Waals surface area contributed by atoms with E-state index in [1.54, 1.807) is 18.4 Å². The molecule has 4 rings (SSSR count). The van der Waals surface area contributed by atoms with Gasteiger partial charge >= 0.3 is 0 Å². The number of hydrogen-bond acceptors (Lipinski definition) is 5. The highest BCUT2D eigenvalue weighted by Gasteiger charge is 2.28. The van der Waals surface area contributed by atoms with Gasteiger partial charge in [0.15, 0.2) is 0 Å². The van der Waals surface area contributed by atoms with Crippen LogP contribution in [0.3, 0.4) is 0 Å². The number of methoxy groups -OCH3 is 1. The Morgan fingerprint density at radius 3 is 2.90 bits per heavy atom. The molecule has 1 fully saturated rings. The van der Waals surface area contributed by atoms with Gasteiger partial charge in [-0.1, -0.05) is 12.1 Å². The first kappa shape index (κ1) is 19.9. The van der Waals surface area contributed by atoms with Gasteiger partial charge < -0.3 is 19.7 Å². The van der Waals surface area contributed by atoms with Gasteiger partial charge in [-0.2, -0.15) is 0 Å². The molecular formula is C22H26N2O4S. The van der Waals surface area contributed by atoms with Crippen LogP contribution in [-0.2, 0) is 28.9 Å². The smallest absolute Gasteiger partial charge is 0.264 e. The number of aryl methyl sites for hydroxylation is 1. The molecular weight excluding hydrogens is 388 g/mol. The Balaban J connectivity index is 1.36. The normalized spacial score (nSPS) is 18.8. The van der Waals surface area contributed by atoms with Gasteiger partial charge in [-0.05, 0) is 48.6 Å². The number of nitrogens with one attached hydrogen (secondary N) is 1. The molecule has 29 heavy (non-hydrogen) atoms. The maximum absolute atomic E-state index is 12.7. The van der Waals surface area contributed by atoms with E-state index < -0.39 is 0 Å². The average Bonchev–Trinajstić information content (AvgIpc) is 3.21. The molecule has 1 aliphatic carbocycles. The maximum atomic E-state index is 12.7. The number of carbonyl (C=O) groups is 2. The fraction of sp³-hybridized carbons (Fsp3) is 0.455. The van der Waals surface area contributed by atoms with Crippen molar-refractivity contribution in [2.24, 2.45) is 5.92 Å². The van der Waals surface area contributed by atoms with Gasteiger partial charge in [0.05, 0.1) is 25.2 Å². The second kappa shape index (κ2) is 8.97. The molecule has 0 unspecified atom stereocenters. The lowest BCUT2D eigenvalue weighted by molar-refractivity contribution is -0.125. The Morgan fingerprint density at radius 2 is 2.10 bits per heavy atom. The molecule has 2 aromatic rings. The first-order chi connectivity index (χ1) is 14.1. The van der Waals surface area contributed by atoms with Crippen molar-refractivity contribution >= 4 is 23.2 Å². The summed E-state index contributed by atoms with van der Waals surface area (Å²) in [7, 11) is 1.64. The van der Waals surface area contributed by atoms with Gasteiger partial charge in [0.25, 0.3) is 5.91 Å². The topological polar surface area (TPSA) is 67.9 Å². The quantitative estimate of drug-likeness (QED) is 0.817. The van der Waals surface area contributed by atoms with E-state index in [9.17, 15) is 9.59 Å². The van der Waals surface area contributed by atoms with Crippen LogP contribution in [0.2, 0.25) is 0 Å². The van der Waals surface area contributed by atoms with Gasteiger partial charge in [0.2, 0.25) is 5.91 Å². The molecule has 2 heterocycles. The fourth-order valence-corrected chi connectivity index (χ4v) is 5.07. The predicted molar refractivity (Wildman–Crippen MR) is 111 cm³/mol. The summed E-state index contributed by atoms with van der Waals surface area (Å²) in [5.74, 6) is 0.904. The second-order valence-electron chi connectivity index (χ2n) is 7.47. The highest BCUT2D eigenvalue weighted by molar-refractivity contribution is 7.14. The molecule has 1 aromatic heterocycles. The van der Waals surface area contributed by atoms with Crippen LogP contribution < -0.4 is 10.1 Å². The lowest BCUT2D eigenvalue weighted by Crippen LogP contribution is -2.40. The van der Waals surface area contributed by atoms with Crippen LogP contribution in [0.4, 0.5) is 0 Å². The lowest BCUT2D eigenvalue weighted by Gasteiger charge is -2.26. The van der Waals surface area contributed by atoms with Crippen molar-refractivity contribution in [2.75, 3.05) is 33.4 Å². The number of fused-ring (bicyclic) bond motifs is 1. The Hall–Kier alpha value is -2.38. The fourth-order valence-electron chi connectivity index (χ4n) is 3.89. The van der Waals surface area contributed by atoms with Crippen molar-refractivity contribution in [1.29, 1.82) is 0 Å². The number of morpholine rings is 1. The molecule has 6 nitrogen and oxygen atoms in total. The van der Waals surface area contributed by atoms with E-state index in [0.29, 0.717) is 39.3 Å². The van der Waals surface area contributed by atoms with Crippen molar-refractivity contribution < 1.29 is 19.1 Å². The number of nitrogens with zero attached hydrogens (tertiary/aromatic N) is 1. The molecule has 2 amide bonds. The number of benzene rings is 1. The first-order valence-corrected chi connectivity index (χ1v) is 10.8. The van der Waals surface area contributed by atoms with E-state index >= 15 is 0 Å². The minimum absolute atomic E-state index is 0.0472. The van der Waals surface area contributed by atoms with Gasteiger partial charge in [-0.3, -0.25) is 9.59 Å². The predicted octanol–water partition coefficient (Wildman–Crippen LogP) is 2.65. The lowest BCUT2D eigenvalue weighted by atomic mass is 9.87. The molecule has 0 spiro atoms. The third-order valence-corrected chi connectivity index (χ3v) is 6.79. The van der Waals surface area contributed by atoms with Crippen LogP contribution >= 0.6 is 11.3 Å². The van der Waals surface area contributed by atoms with Crippen molar-refractivity contribution in [3.63, 3.8) is 0 Å². The van der Waals surface area contributed by atoms with Gasteiger partial charge in [-0.25, -0.2) is 0 Å². The summed E-state index contributed by atoms with van der Waals surface area (Å²) in [4.78, 5) is 29.3. The van der Waals surface area contributed by atoms with Crippen molar-refractivity contribution in [1.82, 2.24) is 10.2 Å².